The zero-order valence-corrected chi connectivity index (χ0v) is 16.9. The Hall–Kier alpha value is -1.77. The summed E-state index contributed by atoms with van der Waals surface area (Å²) in [5, 5.41) is 9.46. The quantitative estimate of drug-likeness (QED) is 0.379. The van der Waals surface area contributed by atoms with Gasteiger partial charge < -0.3 is 9.84 Å². The fourth-order valence-electron chi connectivity index (χ4n) is 3.71. The topological polar surface area (TPSA) is 46.5 Å². The smallest absolute Gasteiger partial charge is 0.344 e. The van der Waals surface area contributed by atoms with Crippen LogP contribution in [0.2, 0.25) is 0 Å². The molecule has 1 aromatic rings. The SMILES string of the molecule is CCCCCCCCCCC(Oc1ccc(C2=CCCCC2)cc1)C(=O)O. The minimum atomic E-state index is -0.864. The molecule has 0 amide bonds. The second-order valence-corrected chi connectivity index (χ2v) is 7.71. The van der Waals surface area contributed by atoms with Crippen LogP contribution in [0.1, 0.15) is 96.0 Å². The highest BCUT2D eigenvalue weighted by molar-refractivity contribution is 5.73. The van der Waals surface area contributed by atoms with Gasteiger partial charge in [0.25, 0.3) is 0 Å². The first kappa shape index (κ1) is 21.5. The van der Waals surface area contributed by atoms with Crippen LogP contribution in [0.3, 0.4) is 0 Å². The Balaban J connectivity index is 1.73. The van der Waals surface area contributed by atoms with Crippen LogP contribution in [0.25, 0.3) is 5.57 Å². The number of hydrogen-bond acceptors (Lipinski definition) is 2. The summed E-state index contributed by atoms with van der Waals surface area (Å²) in [7, 11) is 0. The molecular formula is C24H36O3. The first-order valence-electron chi connectivity index (χ1n) is 10.9. The van der Waals surface area contributed by atoms with Crippen LogP contribution < -0.4 is 4.74 Å². The van der Waals surface area contributed by atoms with E-state index in [0.29, 0.717) is 12.2 Å². The van der Waals surface area contributed by atoms with Gasteiger partial charge in [-0.2, -0.15) is 0 Å². The van der Waals surface area contributed by atoms with E-state index < -0.39 is 12.1 Å². The van der Waals surface area contributed by atoms with Crippen molar-refractivity contribution in [3.8, 4) is 5.75 Å². The van der Waals surface area contributed by atoms with Crippen LogP contribution >= 0.6 is 0 Å². The maximum atomic E-state index is 11.5. The Morgan fingerprint density at radius 2 is 1.67 bits per heavy atom. The van der Waals surface area contributed by atoms with E-state index in [-0.39, 0.29) is 0 Å². The van der Waals surface area contributed by atoms with Gasteiger partial charge in [-0.05, 0) is 61.8 Å². The van der Waals surface area contributed by atoms with Crippen LogP contribution in [0.15, 0.2) is 30.3 Å². The molecule has 0 bridgehead atoms. The van der Waals surface area contributed by atoms with Crippen molar-refractivity contribution in [1.29, 1.82) is 0 Å². The van der Waals surface area contributed by atoms with E-state index >= 15 is 0 Å². The number of unbranched alkanes of at least 4 members (excludes halogenated alkanes) is 7. The second kappa shape index (κ2) is 12.6. The number of allylic oxidation sites excluding steroid dienone is 2. The van der Waals surface area contributed by atoms with E-state index in [1.165, 1.54) is 62.5 Å². The Kier molecular flexibility index (Phi) is 10.0. The number of ether oxygens (including phenoxy) is 1. The van der Waals surface area contributed by atoms with Gasteiger partial charge in [0.1, 0.15) is 5.75 Å². The van der Waals surface area contributed by atoms with E-state index in [0.717, 1.165) is 25.7 Å². The zero-order chi connectivity index (χ0) is 19.3. The average molecular weight is 373 g/mol. The number of carboxylic acids is 1. The lowest BCUT2D eigenvalue weighted by atomic mass is 9.94. The number of benzene rings is 1. The third-order valence-electron chi connectivity index (χ3n) is 5.39. The summed E-state index contributed by atoms with van der Waals surface area (Å²) in [5.41, 5.74) is 2.64. The standard InChI is InChI=1S/C24H36O3/c1-2-3-4-5-6-7-8-12-15-23(24(25)26)27-22-18-16-21(17-19-22)20-13-10-9-11-14-20/h13,16-19,23H,2-12,14-15H2,1H3,(H,25,26). The van der Waals surface area contributed by atoms with Crippen LogP contribution in [-0.2, 0) is 4.79 Å². The van der Waals surface area contributed by atoms with E-state index in [9.17, 15) is 9.90 Å². The highest BCUT2D eigenvalue weighted by atomic mass is 16.5. The number of carbonyl (C=O) groups is 1. The molecule has 0 radical (unpaired) electrons. The summed E-state index contributed by atoms with van der Waals surface area (Å²) in [6, 6.07) is 7.94. The summed E-state index contributed by atoms with van der Waals surface area (Å²) in [5.74, 6) is -0.209. The largest absolute Gasteiger partial charge is 0.479 e. The van der Waals surface area contributed by atoms with E-state index in [1.807, 2.05) is 12.1 Å². The highest BCUT2D eigenvalue weighted by Crippen LogP contribution is 2.28. The molecule has 1 aliphatic carbocycles. The molecule has 0 heterocycles. The normalized spacial score (nSPS) is 15.2. The van der Waals surface area contributed by atoms with Gasteiger partial charge in [0.2, 0.25) is 0 Å². The van der Waals surface area contributed by atoms with Gasteiger partial charge in [0.05, 0.1) is 0 Å². The lowest BCUT2D eigenvalue weighted by Crippen LogP contribution is -2.26. The van der Waals surface area contributed by atoms with Crippen LogP contribution in [-0.4, -0.2) is 17.2 Å². The monoisotopic (exact) mass is 372 g/mol. The molecule has 150 valence electrons. The zero-order valence-electron chi connectivity index (χ0n) is 16.9. The fraction of sp³-hybridized carbons (Fsp3) is 0.625. The molecule has 1 aliphatic rings. The predicted molar refractivity (Wildman–Crippen MR) is 112 cm³/mol. The molecule has 0 aliphatic heterocycles. The highest BCUT2D eigenvalue weighted by Gasteiger charge is 2.19. The van der Waals surface area contributed by atoms with Gasteiger partial charge in [-0.1, -0.05) is 70.1 Å². The number of hydrogen-bond donors (Lipinski definition) is 1. The molecule has 3 heteroatoms. The van der Waals surface area contributed by atoms with Crippen LogP contribution in [0.5, 0.6) is 5.75 Å². The summed E-state index contributed by atoms with van der Waals surface area (Å²) < 4.78 is 5.76. The van der Waals surface area contributed by atoms with Crippen molar-refractivity contribution in [1.82, 2.24) is 0 Å². The molecule has 0 fully saturated rings. The summed E-state index contributed by atoms with van der Waals surface area (Å²) in [6.45, 7) is 2.23. The van der Waals surface area contributed by atoms with Crippen molar-refractivity contribution in [2.75, 3.05) is 0 Å². The molecule has 3 nitrogen and oxygen atoms in total. The Bertz CT molecular complexity index is 574. The van der Waals surface area contributed by atoms with E-state index in [1.54, 1.807) is 0 Å². The second-order valence-electron chi connectivity index (χ2n) is 7.71. The third-order valence-corrected chi connectivity index (χ3v) is 5.39. The molecule has 1 aromatic carbocycles. The van der Waals surface area contributed by atoms with Crippen molar-refractivity contribution in [3.05, 3.63) is 35.9 Å². The first-order valence-corrected chi connectivity index (χ1v) is 10.9. The summed E-state index contributed by atoms with van der Waals surface area (Å²) in [6.07, 6.45) is 16.7. The van der Waals surface area contributed by atoms with E-state index in [2.05, 4.69) is 25.1 Å². The third kappa shape index (κ3) is 8.19. The molecule has 1 N–H and O–H groups in total. The number of carboxylic acid groups (broad SMARTS) is 1. The lowest BCUT2D eigenvalue weighted by molar-refractivity contribution is -0.145. The molecule has 1 unspecified atom stereocenters. The van der Waals surface area contributed by atoms with Crippen molar-refractivity contribution >= 4 is 11.5 Å². The summed E-state index contributed by atoms with van der Waals surface area (Å²) >= 11 is 0. The Morgan fingerprint density at radius 3 is 2.26 bits per heavy atom. The molecule has 2 rings (SSSR count). The molecule has 0 spiro atoms. The minimum absolute atomic E-state index is 0.581. The molecule has 0 saturated heterocycles. The maximum Gasteiger partial charge on any atom is 0.344 e. The number of rotatable bonds is 13. The van der Waals surface area contributed by atoms with Gasteiger partial charge in [0, 0.05) is 0 Å². The summed E-state index contributed by atoms with van der Waals surface area (Å²) in [4.78, 5) is 11.5. The van der Waals surface area contributed by atoms with Crippen molar-refractivity contribution in [2.45, 2.75) is 96.5 Å². The average Bonchev–Trinajstić information content (AvgIpc) is 2.70. The van der Waals surface area contributed by atoms with Crippen molar-refractivity contribution in [2.24, 2.45) is 0 Å². The number of aliphatic carboxylic acids is 1. The molecule has 1 atom stereocenters. The van der Waals surface area contributed by atoms with Gasteiger partial charge in [-0.25, -0.2) is 4.79 Å². The van der Waals surface area contributed by atoms with Crippen LogP contribution in [0.4, 0.5) is 0 Å². The molecule has 0 aromatic heterocycles. The van der Waals surface area contributed by atoms with Gasteiger partial charge >= 0.3 is 5.97 Å². The minimum Gasteiger partial charge on any atom is -0.479 e. The van der Waals surface area contributed by atoms with Crippen molar-refractivity contribution < 1.29 is 14.6 Å². The van der Waals surface area contributed by atoms with Crippen molar-refractivity contribution in [3.63, 3.8) is 0 Å². The molecule has 0 saturated carbocycles. The van der Waals surface area contributed by atoms with Gasteiger partial charge in [-0.15, -0.1) is 0 Å². The fourth-order valence-corrected chi connectivity index (χ4v) is 3.71. The maximum absolute atomic E-state index is 11.5. The Labute approximate surface area is 164 Å². The molecule has 27 heavy (non-hydrogen) atoms. The van der Waals surface area contributed by atoms with E-state index in [4.69, 9.17) is 4.74 Å². The first-order chi connectivity index (χ1) is 13.2. The van der Waals surface area contributed by atoms with Crippen LogP contribution in [0, 0.1) is 0 Å². The Morgan fingerprint density at radius 1 is 1.00 bits per heavy atom. The predicted octanol–water partition coefficient (Wildman–Crippen LogP) is 7.01. The molecular weight excluding hydrogens is 336 g/mol. The lowest BCUT2D eigenvalue weighted by Gasteiger charge is -2.16. The van der Waals surface area contributed by atoms with Gasteiger partial charge in [-0.3, -0.25) is 0 Å². The van der Waals surface area contributed by atoms with Gasteiger partial charge in [0.15, 0.2) is 6.10 Å².